The Hall–Kier alpha value is -0.180. The number of hydrogen-bond donors (Lipinski definition) is 1. The van der Waals surface area contributed by atoms with E-state index < -0.39 is 0 Å². The summed E-state index contributed by atoms with van der Waals surface area (Å²) >= 11 is 1.86. The molecular weight excluding hydrogens is 192 g/mol. The van der Waals surface area contributed by atoms with E-state index in [4.69, 9.17) is 5.41 Å². The first kappa shape index (κ1) is 11.9. The minimum atomic E-state index is 0.551. The fourth-order valence-corrected chi connectivity index (χ4v) is 2.49. The topological polar surface area (TPSA) is 27.1 Å². The summed E-state index contributed by atoms with van der Waals surface area (Å²) in [6.45, 7) is 1.02. The average molecular weight is 214 g/mol. The lowest BCUT2D eigenvalue weighted by atomic mass is 9.88. The van der Waals surface area contributed by atoms with Gasteiger partial charge in [0.2, 0.25) is 0 Å². The highest BCUT2D eigenvalue weighted by Gasteiger charge is 2.20. The monoisotopic (exact) mass is 214 g/mol. The van der Waals surface area contributed by atoms with Crippen molar-refractivity contribution in [2.75, 3.05) is 25.6 Å². The van der Waals surface area contributed by atoms with Crippen LogP contribution in [0.4, 0.5) is 0 Å². The zero-order valence-corrected chi connectivity index (χ0v) is 10.2. The highest BCUT2D eigenvalue weighted by Crippen LogP contribution is 2.25. The lowest BCUT2D eigenvalue weighted by molar-refractivity contribution is 0.393. The number of nitrogens with zero attached hydrogens (tertiary/aromatic N) is 1. The maximum atomic E-state index is 8.08. The van der Waals surface area contributed by atoms with Gasteiger partial charge in [0.15, 0.2) is 0 Å². The Morgan fingerprint density at radius 2 is 2.00 bits per heavy atom. The average Bonchev–Trinajstić information content (AvgIpc) is 2.26. The summed E-state index contributed by atoms with van der Waals surface area (Å²) in [4.78, 5) is 2.13. The molecular formula is C11H22N2S. The van der Waals surface area contributed by atoms with E-state index in [-0.39, 0.29) is 0 Å². The molecule has 0 heterocycles. The van der Waals surface area contributed by atoms with Gasteiger partial charge >= 0.3 is 0 Å². The maximum absolute atomic E-state index is 8.08. The number of nitrogens with one attached hydrogen (secondary N) is 1. The van der Waals surface area contributed by atoms with Crippen LogP contribution in [0.5, 0.6) is 0 Å². The zero-order chi connectivity index (χ0) is 10.4. The molecule has 2 nitrogen and oxygen atoms in total. The van der Waals surface area contributed by atoms with E-state index in [9.17, 15) is 0 Å². The number of rotatable bonds is 4. The van der Waals surface area contributed by atoms with Gasteiger partial charge in [0.1, 0.15) is 0 Å². The largest absolute Gasteiger partial charge is 0.363 e. The van der Waals surface area contributed by atoms with Crippen LogP contribution in [0.2, 0.25) is 0 Å². The molecule has 1 aliphatic rings. The Morgan fingerprint density at radius 3 is 2.57 bits per heavy atom. The van der Waals surface area contributed by atoms with Crippen molar-refractivity contribution in [3.8, 4) is 0 Å². The second-order valence-corrected chi connectivity index (χ2v) is 5.12. The minimum Gasteiger partial charge on any atom is -0.363 e. The van der Waals surface area contributed by atoms with Crippen LogP contribution in [0.25, 0.3) is 0 Å². The maximum Gasteiger partial charge on any atom is 0.0987 e. The van der Waals surface area contributed by atoms with E-state index >= 15 is 0 Å². The Labute approximate surface area is 92.0 Å². The minimum absolute atomic E-state index is 0.551. The molecule has 0 aromatic heterocycles. The standard InChI is InChI=1S/C11H22N2S/c1-13(8-9-14-2)11(12)10-6-4-3-5-7-10/h10,12H,3-9H2,1-2H3. The van der Waals surface area contributed by atoms with Crippen LogP contribution in [-0.4, -0.2) is 36.3 Å². The van der Waals surface area contributed by atoms with Crippen molar-refractivity contribution >= 4 is 17.6 Å². The van der Waals surface area contributed by atoms with Crippen molar-refractivity contribution in [3.63, 3.8) is 0 Å². The number of hydrogen-bond acceptors (Lipinski definition) is 2. The lowest BCUT2D eigenvalue weighted by Crippen LogP contribution is -2.34. The summed E-state index contributed by atoms with van der Waals surface area (Å²) in [6.07, 6.45) is 8.62. The van der Waals surface area contributed by atoms with Gasteiger partial charge in [-0.05, 0) is 19.1 Å². The van der Waals surface area contributed by atoms with E-state index in [2.05, 4.69) is 18.2 Å². The highest BCUT2D eigenvalue weighted by atomic mass is 32.2. The van der Waals surface area contributed by atoms with Gasteiger partial charge in [-0.2, -0.15) is 11.8 Å². The molecule has 1 aliphatic carbocycles. The summed E-state index contributed by atoms with van der Waals surface area (Å²) < 4.78 is 0. The van der Waals surface area contributed by atoms with Crippen molar-refractivity contribution in [2.45, 2.75) is 32.1 Å². The van der Waals surface area contributed by atoms with Crippen LogP contribution in [0, 0.1) is 11.3 Å². The second kappa shape index (κ2) is 6.33. The molecule has 1 saturated carbocycles. The molecule has 0 bridgehead atoms. The molecule has 0 atom stereocenters. The van der Waals surface area contributed by atoms with E-state index in [1.165, 1.54) is 32.1 Å². The fourth-order valence-electron chi connectivity index (χ4n) is 2.04. The van der Waals surface area contributed by atoms with Crippen LogP contribution in [0.15, 0.2) is 0 Å². The Kier molecular flexibility index (Phi) is 5.38. The molecule has 0 saturated heterocycles. The van der Waals surface area contributed by atoms with Crippen LogP contribution < -0.4 is 0 Å². The Balaban J connectivity index is 2.30. The van der Waals surface area contributed by atoms with Crippen LogP contribution in [0.1, 0.15) is 32.1 Å². The van der Waals surface area contributed by atoms with Crippen molar-refractivity contribution in [3.05, 3.63) is 0 Å². The van der Waals surface area contributed by atoms with E-state index in [0.29, 0.717) is 5.92 Å². The Bertz CT molecular complexity index is 176. The predicted octanol–water partition coefficient (Wildman–Crippen LogP) is 2.84. The molecule has 0 spiro atoms. The van der Waals surface area contributed by atoms with Gasteiger partial charge in [0.25, 0.3) is 0 Å². The van der Waals surface area contributed by atoms with Gasteiger partial charge < -0.3 is 4.90 Å². The molecule has 0 aromatic rings. The smallest absolute Gasteiger partial charge is 0.0987 e. The van der Waals surface area contributed by atoms with Crippen LogP contribution >= 0.6 is 11.8 Å². The first-order valence-corrected chi connectivity index (χ1v) is 6.93. The van der Waals surface area contributed by atoms with Gasteiger partial charge in [-0.1, -0.05) is 19.3 Å². The van der Waals surface area contributed by atoms with Gasteiger partial charge in [0, 0.05) is 25.3 Å². The molecule has 0 aliphatic heterocycles. The van der Waals surface area contributed by atoms with E-state index in [1.54, 1.807) is 0 Å². The highest BCUT2D eigenvalue weighted by molar-refractivity contribution is 7.98. The fraction of sp³-hybridized carbons (Fsp3) is 0.909. The molecule has 0 radical (unpaired) electrons. The molecule has 0 unspecified atom stereocenters. The van der Waals surface area contributed by atoms with Crippen LogP contribution in [-0.2, 0) is 0 Å². The molecule has 1 N–H and O–H groups in total. The Morgan fingerprint density at radius 1 is 1.36 bits per heavy atom. The van der Waals surface area contributed by atoms with E-state index in [1.807, 2.05) is 11.8 Å². The van der Waals surface area contributed by atoms with Gasteiger partial charge in [-0.25, -0.2) is 0 Å². The van der Waals surface area contributed by atoms with Gasteiger partial charge in [0.05, 0.1) is 5.84 Å². The number of amidine groups is 1. The van der Waals surface area contributed by atoms with Crippen molar-refractivity contribution in [1.82, 2.24) is 4.90 Å². The molecule has 0 aromatic carbocycles. The third-order valence-electron chi connectivity index (χ3n) is 3.03. The zero-order valence-electron chi connectivity index (χ0n) is 9.38. The summed E-state index contributed by atoms with van der Waals surface area (Å²) in [5.41, 5.74) is 0. The normalized spacial score (nSPS) is 18.1. The molecule has 82 valence electrons. The van der Waals surface area contributed by atoms with Gasteiger partial charge in [-0.15, -0.1) is 0 Å². The first-order chi connectivity index (χ1) is 6.75. The quantitative estimate of drug-likeness (QED) is 0.575. The molecule has 1 fully saturated rings. The number of thioether (sulfide) groups is 1. The molecule has 14 heavy (non-hydrogen) atoms. The molecule has 0 amide bonds. The third kappa shape index (κ3) is 3.52. The first-order valence-electron chi connectivity index (χ1n) is 5.54. The van der Waals surface area contributed by atoms with Gasteiger partial charge in [-0.3, -0.25) is 5.41 Å². The molecule has 3 heteroatoms. The van der Waals surface area contributed by atoms with Crippen molar-refractivity contribution in [1.29, 1.82) is 5.41 Å². The van der Waals surface area contributed by atoms with Crippen molar-refractivity contribution in [2.24, 2.45) is 5.92 Å². The SMILES string of the molecule is CSCCN(C)C(=N)C1CCCCC1. The predicted molar refractivity (Wildman–Crippen MR) is 65.3 cm³/mol. The summed E-state index contributed by atoms with van der Waals surface area (Å²) in [5, 5.41) is 8.08. The summed E-state index contributed by atoms with van der Waals surface area (Å²) in [6, 6.07) is 0. The van der Waals surface area contributed by atoms with E-state index in [0.717, 1.165) is 18.1 Å². The second-order valence-electron chi connectivity index (χ2n) is 4.13. The summed E-state index contributed by atoms with van der Waals surface area (Å²) in [5.74, 6) is 2.56. The third-order valence-corrected chi connectivity index (χ3v) is 3.62. The van der Waals surface area contributed by atoms with Crippen LogP contribution in [0.3, 0.4) is 0 Å². The lowest BCUT2D eigenvalue weighted by Gasteiger charge is -2.29. The van der Waals surface area contributed by atoms with Crippen molar-refractivity contribution < 1.29 is 0 Å². The summed E-state index contributed by atoms with van der Waals surface area (Å²) in [7, 11) is 2.06. The molecule has 1 rings (SSSR count).